The minimum absolute atomic E-state index is 0.291. The maximum absolute atomic E-state index is 11.6. The van der Waals surface area contributed by atoms with Gasteiger partial charge in [-0.3, -0.25) is 9.59 Å². The van der Waals surface area contributed by atoms with Gasteiger partial charge >= 0.3 is 5.97 Å². The van der Waals surface area contributed by atoms with Gasteiger partial charge in [0, 0.05) is 6.42 Å². The van der Waals surface area contributed by atoms with E-state index in [1.165, 1.54) is 44.9 Å². The lowest BCUT2D eigenvalue weighted by Crippen LogP contribution is -2.44. The minimum atomic E-state index is -1.86. The highest BCUT2D eigenvalue weighted by Crippen LogP contribution is 2.11. The van der Waals surface area contributed by atoms with Gasteiger partial charge in [-0.15, -0.1) is 0 Å². The Bertz CT molecular complexity index is 320. The maximum Gasteiger partial charge on any atom is 0.305 e. The van der Waals surface area contributed by atoms with E-state index in [-0.39, 0.29) is 5.91 Å². The first-order chi connectivity index (χ1) is 11.0. The van der Waals surface area contributed by atoms with E-state index in [0.717, 1.165) is 19.3 Å². The first-order valence-corrected chi connectivity index (χ1v) is 8.84. The second-order valence-corrected chi connectivity index (χ2v) is 6.12. The van der Waals surface area contributed by atoms with Crippen LogP contribution in [-0.2, 0) is 9.59 Å². The Morgan fingerprint density at radius 2 is 1.35 bits per heavy atom. The number of aliphatic hydroxyl groups excluding tert-OH is 1. The number of amides is 1. The zero-order chi connectivity index (χ0) is 17.5. The molecule has 0 saturated heterocycles. The van der Waals surface area contributed by atoms with Crippen molar-refractivity contribution in [2.75, 3.05) is 0 Å². The minimum Gasteiger partial charge on any atom is -0.481 e. The third kappa shape index (κ3) is 14.2. The monoisotopic (exact) mass is 331 g/mol. The van der Waals surface area contributed by atoms with Crippen LogP contribution in [0.25, 0.3) is 0 Å². The lowest BCUT2D eigenvalue weighted by Gasteiger charge is -2.18. The molecule has 0 bridgehead atoms. The van der Waals surface area contributed by atoms with E-state index in [0.29, 0.717) is 6.42 Å². The third-order valence-corrected chi connectivity index (χ3v) is 3.86. The van der Waals surface area contributed by atoms with E-state index in [1.807, 2.05) is 0 Å². The summed E-state index contributed by atoms with van der Waals surface area (Å²) in [6.45, 7) is 2.21. The van der Waals surface area contributed by atoms with Gasteiger partial charge in [0.25, 0.3) is 0 Å². The van der Waals surface area contributed by atoms with Gasteiger partial charge in [-0.1, -0.05) is 64.7 Å². The number of carbonyl (C=O) groups excluding carboxylic acids is 1. The topological polar surface area (TPSA) is 107 Å². The highest BCUT2D eigenvalue weighted by atomic mass is 16.5. The molecule has 0 fully saturated rings. The molecule has 4 N–H and O–H groups in total. The quantitative estimate of drug-likeness (QED) is 0.272. The number of aliphatic carboxylic acids is 1. The predicted octanol–water partition coefficient (Wildman–Crippen LogP) is 2.57. The number of carboxylic acids is 1. The maximum atomic E-state index is 11.6. The number of rotatable bonds is 15. The van der Waals surface area contributed by atoms with Crippen LogP contribution in [0.2, 0.25) is 0 Å². The van der Waals surface area contributed by atoms with E-state index in [9.17, 15) is 9.59 Å². The van der Waals surface area contributed by atoms with Gasteiger partial charge in [0.2, 0.25) is 5.91 Å². The Balaban J connectivity index is 3.57. The van der Waals surface area contributed by atoms with Crippen LogP contribution in [0.3, 0.4) is 0 Å². The lowest BCUT2D eigenvalue weighted by molar-refractivity contribution is -0.142. The Morgan fingerprint density at radius 3 is 1.78 bits per heavy atom. The SMILES string of the molecule is CCCCCCCCCCCCC(=O)N[C@@H](CC(=O)O)C(O)O. The number of hydrogen-bond acceptors (Lipinski definition) is 4. The lowest BCUT2D eigenvalue weighted by atomic mass is 10.1. The highest BCUT2D eigenvalue weighted by molar-refractivity contribution is 5.77. The van der Waals surface area contributed by atoms with Gasteiger partial charge in [-0.05, 0) is 6.42 Å². The fourth-order valence-electron chi connectivity index (χ4n) is 2.47. The van der Waals surface area contributed by atoms with Gasteiger partial charge in [0.1, 0.15) is 0 Å². The molecule has 0 saturated carbocycles. The molecule has 0 aromatic heterocycles. The number of nitrogens with one attached hydrogen (secondary N) is 1. The molecular formula is C17H33NO5. The number of carbonyl (C=O) groups is 2. The summed E-state index contributed by atoms with van der Waals surface area (Å²) in [7, 11) is 0. The molecule has 1 amide bonds. The summed E-state index contributed by atoms with van der Waals surface area (Å²) in [4.78, 5) is 22.2. The molecule has 0 aromatic rings. The fraction of sp³-hybridized carbons (Fsp3) is 0.882. The van der Waals surface area contributed by atoms with Crippen LogP contribution in [0.1, 0.15) is 84.0 Å². The highest BCUT2D eigenvalue weighted by Gasteiger charge is 2.21. The summed E-state index contributed by atoms with van der Waals surface area (Å²) < 4.78 is 0. The second kappa shape index (κ2) is 14.5. The van der Waals surface area contributed by atoms with Crippen molar-refractivity contribution in [3.8, 4) is 0 Å². The molecule has 6 nitrogen and oxygen atoms in total. The number of carboxylic acid groups (broad SMARTS) is 1. The van der Waals surface area contributed by atoms with Crippen LogP contribution in [-0.4, -0.2) is 39.5 Å². The Hall–Kier alpha value is -1.14. The predicted molar refractivity (Wildman–Crippen MR) is 88.9 cm³/mol. The third-order valence-electron chi connectivity index (χ3n) is 3.86. The Labute approximate surface area is 139 Å². The van der Waals surface area contributed by atoms with Crippen LogP contribution in [0.5, 0.6) is 0 Å². The normalized spacial score (nSPS) is 12.3. The van der Waals surface area contributed by atoms with Crippen molar-refractivity contribution in [2.45, 2.75) is 96.3 Å². The van der Waals surface area contributed by atoms with E-state index < -0.39 is 24.7 Å². The van der Waals surface area contributed by atoms with Crippen molar-refractivity contribution in [3.05, 3.63) is 0 Å². The first-order valence-electron chi connectivity index (χ1n) is 8.84. The van der Waals surface area contributed by atoms with E-state index in [2.05, 4.69) is 12.2 Å². The zero-order valence-electron chi connectivity index (χ0n) is 14.3. The molecular weight excluding hydrogens is 298 g/mol. The van der Waals surface area contributed by atoms with E-state index in [4.69, 9.17) is 15.3 Å². The molecule has 0 aliphatic heterocycles. The summed E-state index contributed by atoms with van der Waals surface area (Å²) in [6, 6.07) is -1.15. The summed E-state index contributed by atoms with van der Waals surface area (Å²) in [5, 5.41) is 29.1. The van der Waals surface area contributed by atoms with Crippen LogP contribution < -0.4 is 5.32 Å². The Morgan fingerprint density at radius 1 is 0.870 bits per heavy atom. The summed E-state index contributed by atoms with van der Waals surface area (Å²) in [5.74, 6) is -1.51. The smallest absolute Gasteiger partial charge is 0.305 e. The molecule has 0 radical (unpaired) electrons. The zero-order valence-corrected chi connectivity index (χ0v) is 14.3. The van der Waals surface area contributed by atoms with Crippen LogP contribution >= 0.6 is 0 Å². The van der Waals surface area contributed by atoms with Gasteiger partial charge in [-0.2, -0.15) is 0 Å². The molecule has 0 aliphatic carbocycles. The molecule has 0 aliphatic rings. The molecule has 23 heavy (non-hydrogen) atoms. The number of aliphatic hydroxyl groups is 2. The second-order valence-electron chi connectivity index (χ2n) is 6.12. The largest absolute Gasteiger partial charge is 0.481 e. The molecule has 0 heterocycles. The van der Waals surface area contributed by atoms with Crippen LogP contribution in [0.15, 0.2) is 0 Å². The molecule has 1 atom stereocenters. The molecule has 0 rings (SSSR count). The Kier molecular flexibility index (Phi) is 13.7. The molecule has 0 spiro atoms. The van der Waals surface area contributed by atoms with Gasteiger partial charge in [0.05, 0.1) is 12.5 Å². The van der Waals surface area contributed by atoms with Crippen molar-refractivity contribution >= 4 is 11.9 Å². The molecule has 0 unspecified atom stereocenters. The van der Waals surface area contributed by atoms with Crippen molar-refractivity contribution in [3.63, 3.8) is 0 Å². The molecule has 136 valence electrons. The van der Waals surface area contributed by atoms with Crippen molar-refractivity contribution in [2.24, 2.45) is 0 Å². The number of unbranched alkanes of at least 4 members (excludes halogenated alkanes) is 9. The summed E-state index contributed by atoms with van der Waals surface area (Å²) in [5.41, 5.74) is 0. The van der Waals surface area contributed by atoms with Gasteiger partial charge < -0.3 is 20.6 Å². The average Bonchev–Trinajstić information content (AvgIpc) is 2.48. The molecule has 6 heteroatoms. The molecule has 0 aromatic carbocycles. The van der Waals surface area contributed by atoms with Crippen LogP contribution in [0.4, 0.5) is 0 Å². The summed E-state index contributed by atoms with van der Waals surface area (Å²) >= 11 is 0. The van der Waals surface area contributed by atoms with Crippen molar-refractivity contribution < 1.29 is 24.9 Å². The number of hydrogen-bond donors (Lipinski definition) is 4. The fourth-order valence-corrected chi connectivity index (χ4v) is 2.47. The van der Waals surface area contributed by atoms with Crippen LogP contribution in [0, 0.1) is 0 Å². The van der Waals surface area contributed by atoms with E-state index >= 15 is 0 Å². The standard InChI is InChI=1S/C17H33NO5/c1-2-3-4-5-6-7-8-9-10-11-12-15(19)18-14(17(22)23)13-16(20)21/h14,17,22-23H,2-13H2,1H3,(H,18,19)(H,20,21)/t14-/m0/s1. The first kappa shape index (κ1) is 21.9. The van der Waals surface area contributed by atoms with Crippen molar-refractivity contribution in [1.29, 1.82) is 0 Å². The summed E-state index contributed by atoms with van der Waals surface area (Å²) in [6.07, 6.45) is 9.67. The van der Waals surface area contributed by atoms with Gasteiger partial charge in [0.15, 0.2) is 6.29 Å². The van der Waals surface area contributed by atoms with Gasteiger partial charge in [-0.25, -0.2) is 0 Å². The van der Waals surface area contributed by atoms with Crippen molar-refractivity contribution in [1.82, 2.24) is 5.32 Å². The average molecular weight is 331 g/mol. The van der Waals surface area contributed by atoms with E-state index in [1.54, 1.807) is 0 Å².